The van der Waals surface area contributed by atoms with Crippen molar-refractivity contribution in [2.24, 2.45) is 5.92 Å². The monoisotopic (exact) mass is 212 g/mol. The Kier molecular flexibility index (Phi) is 2.04. The van der Waals surface area contributed by atoms with Crippen molar-refractivity contribution >= 4 is 10.0 Å². The van der Waals surface area contributed by atoms with Crippen LogP contribution >= 0.6 is 0 Å². The van der Waals surface area contributed by atoms with Gasteiger partial charge in [-0.1, -0.05) is 0 Å². The van der Waals surface area contributed by atoms with E-state index in [4.69, 9.17) is 0 Å². The van der Waals surface area contributed by atoms with Gasteiger partial charge in [-0.25, -0.2) is 13.1 Å². The number of sulfonamides is 1. The average Bonchev–Trinajstić information content (AvgIpc) is 2.59. The van der Waals surface area contributed by atoms with Crippen LogP contribution in [0.3, 0.4) is 0 Å². The van der Waals surface area contributed by atoms with Crippen LogP contribution in [0.15, 0.2) is 0 Å². The maximum atomic E-state index is 11.9. The number of hydrogen-bond acceptors (Lipinski definition) is 3. The largest absolute Gasteiger partial charge is 0.350 e. The van der Waals surface area contributed by atoms with Crippen molar-refractivity contribution in [2.75, 3.05) is 6.54 Å². The van der Waals surface area contributed by atoms with E-state index in [1.54, 1.807) is 0 Å². The molecule has 13 heavy (non-hydrogen) atoms. The number of nitrogens with one attached hydrogen (secondary N) is 2. The predicted octanol–water partition coefficient (Wildman–Crippen LogP) is -0.511. The molecule has 2 N–H and O–H groups in total. The summed E-state index contributed by atoms with van der Waals surface area (Å²) >= 11 is 0. The molecular formula is C6H10F2N2O2S. The lowest BCUT2D eigenvalue weighted by Crippen LogP contribution is -2.54. The molecule has 2 saturated heterocycles. The summed E-state index contributed by atoms with van der Waals surface area (Å²) in [4.78, 5) is 0. The maximum absolute atomic E-state index is 11.9. The Bertz CT molecular complexity index is 292. The number of alkyl halides is 2. The highest BCUT2D eigenvalue weighted by Gasteiger charge is 2.49. The third-order valence-electron chi connectivity index (χ3n) is 2.68. The number of hydrogen-bond donors (Lipinski definition) is 2. The predicted molar refractivity (Wildman–Crippen MR) is 41.7 cm³/mol. The van der Waals surface area contributed by atoms with Gasteiger partial charge in [0, 0.05) is 12.1 Å². The second kappa shape index (κ2) is 2.86. The third kappa shape index (κ3) is 1.44. The molecular weight excluding hydrogens is 202 g/mol. The molecule has 0 radical (unpaired) electrons. The van der Waals surface area contributed by atoms with Crippen molar-refractivity contribution < 1.29 is 17.2 Å². The van der Waals surface area contributed by atoms with Gasteiger partial charge < -0.3 is 5.32 Å². The smallest absolute Gasteiger partial charge is 0.312 e. The molecule has 1 aliphatic carbocycles. The molecule has 0 spiro atoms. The van der Waals surface area contributed by atoms with E-state index in [9.17, 15) is 17.2 Å². The molecule has 0 aromatic rings. The normalized spacial score (nSPS) is 37.9. The molecule has 2 aliphatic heterocycles. The standard InChI is InChI=1S/C6H10F2N2O2S/c7-6(8)13(11,12)10-5-3-1-4(5)9-2-3/h3-6,9-10H,1-2H2. The minimum Gasteiger partial charge on any atom is -0.312 e. The Morgan fingerprint density at radius 3 is 2.54 bits per heavy atom. The molecule has 0 aromatic heterocycles. The fraction of sp³-hybridized carbons (Fsp3) is 1.00. The first-order valence-corrected chi connectivity index (χ1v) is 5.58. The van der Waals surface area contributed by atoms with Gasteiger partial charge in [-0.3, -0.25) is 0 Å². The Morgan fingerprint density at radius 2 is 2.15 bits per heavy atom. The quantitative estimate of drug-likeness (QED) is 0.662. The number of halogens is 2. The van der Waals surface area contributed by atoms with Crippen LogP contribution in [0.4, 0.5) is 8.78 Å². The topological polar surface area (TPSA) is 58.2 Å². The van der Waals surface area contributed by atoms with Crippen molar-refractivity contribution in [1.82, 2.24) is 10.0 Å². The fourth-order valence-electron chi connectivity index (χ4n) is 1.89. The van der Waals surface area contributed by atoms with E-state index in [1.807, 2.05) is 4.72 Å². The summed E-state index contributed by atoms with van der Waals surface area (Å²) in [6, 6.07) is -0.266. The second-order valence-corrected chi connectivity index (χ2v) is 5.14. The van der Waals surface area contributed by atoms with Crippen molar-refractivity contribution in [1.29, 1.82) is 0 Å². The minimum atomic E-state index is -4.41. The SMILES string of the molecule is O=S(=O)(NC1C2CNC1C2)C(F)F. The van der Waals surface area contributed by atoms with Crippen LogP contribution in [-0.2, 0) is 10.0 Å². The minimum absolute atomic E-state index is 0.0542. The van der Waals surface area contributed by atoms with Crippen LogP contribution in [0.1, 0.15) is 6.42 Å². The van der Waals surface area contributed by atoms with E-state index >= 15 is 0 Å². The van der Waals surface area contributed by atoms with Crippen LogP contribution in [-0.4, -0.2) is 32.8 Å². The van der Waals surface area contributed by atoms with E-state index in [0.29, 0.717) is 0 Å². The fourth-order valence-corrected chi connectivity index (χ4v) is 2.73. The van der Waals surface area contributed by atoms with Gasteiger partial charge in [-0.15, -0.1) is 0 Å². The van der Waals surface area contributed by atoms with Crippen LogP contribution in [0.25, 0.3) is 0 Å². The zero-order valence-corrected chi connectivity index (χ0v) is 7.52. The summed E-state index contributed by atoms with van der Waals surface area (Å²) in [6.07, 6.45) is 0.885. The van der Waals surface area contributed by atoms with Gasteiger partial charge in [0.2, 0.25) is 0 Å². The highest BCUT2D eigenvalue weighted by atomic mass is 32.2. The zero-order chi connectivity index (χ0) is 9.64. The summed E-state index contributed by atoms with van der Waals surface area (Å²) in [6.45, 7) is 0.723. The van der Waals surface area contributed by atoms with Gasteiger partial charge in [0.15, 0.2) is 0 Å². The molecule has 3 rings (SSSR count). The number of rotatable bonds is 3. The molecule has 2 heterocycles. The molecule has 3 fully saturated rings. The van der Waals surface area contributed by atoms with Crippen LogP contribution < -0.4 is 10.0 Å². The average molecular weight is 212 g/mol. The van der Waals surface area contributed by atoms with Gasteiger partial charge in [-0.2, -0.15) is 8.78 Å². The summed E-state index contributed by atoms with van der Waals surface area (Å²) in [5.41, 5.74) is 0. The Hall–Kier alpha value is -0.270. The lowest BCUT2D eigenvalue weighted by atomic mass is 9.81. The highest BCUT2D eigenvalue weighted by molar-refractivity contribution is 7.89. The molecule has 4 nitrogen and oxygen atoms in total. The summed E-state index contributed by atoms with van der Waals surface area (Å²) in [5.74, 6) is -3.13. The Labute approximate surface area is 74.7 Å². The first-order valence-electron chi connectivity index (χ1n) is 4.03. The van der Waals surface area contributed by atoms with E-state index in [-0.39, 0.29) is 18.0 Å². The van der Waals surface area contributed by atoms with Gasteiger partial charge in [0.25, 0.3) is 10.0 Å². The molecule has 3 aliphatic rings. The molecule has 3 atom stereocenters. The lowest BCUT2D eigenvalue weighted by molar-refractivity contribution is 0.222. The van der Waals surface area contributed by atoms with Crippen molar-refractivity contribution in [3.8, 4) is 0 Å². The summed E-state index contributed by atoms with van der Waals surface area (Å²) in [5, 5.41) is 3.03. The first-order chi connectivity index (χ1) is 6.00. The van der Waals surface area contributed by atoms with Gasteiger partial charge in [0.05, 0.1) is 0 Å². The van der Waals surface area contributed by atoms with Gasteiger partial charge >= 0.3 is 5.76 Å². The molecule has 1 saturated carbocycles. The lowest BCUT2D eigenvalue weighted by Gasteiger charge is -2.34. The molecule has 0 aromatic carbocycles. The van der Waals surface area contributed by atoms with Crippen LogP contribution in [0.5, 0.6) is 0 Å². The van der Waals surface area contributed by atoms with E-state index in [2.05, 4.69) is 5.32 Å². The molecule has 7 heteroatoms. The molecule has 76 valence electrons. The van der Waals surface area contributed by atoms with Crippen molar-refractivity contribution in [3.05, 3.63) is 0 Å². The number of fused-ring (bicyclic) bond motifs is 1. The summed E-state index contributed by atoms with van der Waals surface area (Å²) < 4.78 is 47.4. The van der Waals surface area contributed by atoms with Gasteiger partial charge in [-0.05, 0) is 18.9 Å². The highest BCUT2D eigenvalue weighted by Crippen LogP contribution is 2.34. The second-order valence-electron chi connectivity index (χ2n) is 3.46. The molecule has 0 amide bonds. The third-order valence-corrected chi connectivity index (χ3v) is 3.75. The van der Waals surface area contributed by atoms with E-state index in [1.165, 1.54) is 0 Å². The molecule has 2 bridgehead atoms. The Balaban J connectivity index is 1.99. The summed E-state index contributed by atoms with van der Waals surface area (Å²) in [7, 11) is -4.41. The maximum Gasteiger partial charge on any atom is 0.350 e. The van der Waals surface area contributed by atoms with Crippen LogP contribution in [0, 0.1) is 5.92 Å². The first kappa shape index (κ1) is 9.29. The van der Waals surface area contributed by atoms with E-state index < -0.39 is 15.8 Å². The zero-order valence-electron chi connectivity index (χ0n) is 6.70. The van der Waals surface area contributed by atoms with Crippen LogP contribution in [0.2, 0.25) is 0 Å². The molecule has 3 unspecified atom stereocenters. The Morgan fingerprint density at radius 1 is 1.46 bits per heavy atom. The van der Waals surface area contributed by atoms with Crippen molar-refractivity contribution in [2.45, 2.75) is 24.3 Å². The van der Waals surface area contributed by atoms with E-state index in [0.717, 1.165) is 13.0 Å². The van der Waals surface area contributed by atoms with Crippen molar-refractivity contribution in [3.63, 3.8) is 0 Å². The van der Waals surface area contributed by atoms with Gasteiger partial charge in [0.1, 0.15) is 0 Å².